The van der Waals surface area contributed by atoms with E-state index in [0.717, 1.165) is 10.5 Å². The summed E-state index contributed by atoms with van der Waals surface area (Å²) in [6.45, 7) is 13.0. The van der Waals surface area contributed by atoms with Gasteiger partial charge in [0.25, 0.3) is 0 Å². The summed E-state index contributed by atoms with van der Waals surface area (Å²) in [5.41, 5.74) is 0.0913. The third kappa shape index (κ3) is 10.2. The standard InChI is InChI=1S/C25H40N2O5/c1-17(2)14-20(23(29)31-16-19-12-10-9-11-13-19)26-22(28)21(15-18(3)4)27(8)24(30)32-25(5,6)7/h9-13,17-18,20-21H,14-16H2,1-8H3,(H,26,28)/t20-,21+/m1/s1/i8D. The summed E-state index contributed by atoms with van der Waals surface area (Å²) in [4.78, 5) is 39.9. The van der Waals surface area contributed by atoms with E-state index in [-0.39, 0.29) is 18.4 Å². The molecule has 0 aliphatic carbocycles. The summed E-state index contributed by atoms with van der Waals surface area (Å²) in [7, 11) is -0.437. The lowest BCUT2D eigenvalue weighted by Gasteiger charge is -2.32. The predicted octanol–water partition coefficient (Wildman–Crippen LogP) is 4.54. The van der Waals surface area contributed by atoms with Gasteiger partial charge in [-0.3, -0.25) is 9.69 Å². The first kappa shape index (κ1) is 25.7. The first-order valence-corrected chi connectivity index (χ1v) is 11.1. The second kappa shape index (κ2) is 12.5. The van der Waals surface area contributed by atoms with Crippen molar-refractivity contribution in [3.63, 3.8) is 0 Å². The SMILES string of the molecule is [2H]CN(C(=O)OC(C)(C)C)[C@@H](CC(C)C)C(=O)N[C@H](CC(C)C)C(=O)OCc1ccccc1. The van der Waals surface area contributed by atoms with Crippen molar-refractivity contribution in [1.82, 2.24) is 10.2 Å². The van der Waals surface area contributed by atoms with Crippen LogP contribution in [0.2, 0.25) is 0 Å². The van der Waals surface area contributed by atoms with Crippen LogP contribution in [-0.2, 0) is 25.7 Å². The topological polar surface area (TPSA) is 84.9 Å². The summed E-state index contributed by atoms with van der Waals surface area (Å²) in [5, 5.41) is 2.78. The smallest absolute Gasteiger partial charge is 0.410 e. The van der Waals surface area contributed by atoms with E-state index in [4.69, 9.17) is 10.8 Å². The Kier molecular flexibility index (Phi) is 10.0. The Hall–Kier alpha value is -2.57. The molecular formula is C25H40N2O5. The van der Waals surface area contributed by atoms with Crippen molar-refractivity contribution in [2.75, 3.05) is 7.02 Å². The number of hydrogen-bond donors (Lipinski definition) is 1. The highest BCUT2D eigenvalue weighted by Crippen LogP contribution is 2.17. The van der Waals surface area contributed by atoms with Crippen molar-refractivity contribution in [2.24, 2.45) is 11.8 Å². The largest absolute Gasteiger partial charge is 0.459 e. The molecule has 7 nitrogen and oxygen atoms in total. The summed E-state index contributed by atoms with van der Waals surface area (Å²) >= 11 is 0. The third-order valence-electron chi connectivity index (χ3n) is 4.53. The number of amides is 2. The van der Waals surface area contributed by atoms with Crippen LogP contribution in [0.15, 0.2) is 30.3 Å². The molecule has 1 rings (SSSR count). The van der Waals surface area contributed by atoms with E-state index in [2.05, 4.69) is 5.32 Å². The number of esters is 1. The molecule has 0 aliphatic rings. The number of carbonyl (C=O) groups excluding carboxylic acids is 3. The minimum Gasteiger partial charge on any atom is -0.459 e. The van der Waals surface area contributed by atoms with Crippen LogP contribution < -0.4 is 5.32 Å². The number of hydrogen-bond acceptors (Lipinski definition) is 5. The number of nitrogens with zero attached hydrogens (tertiary/aromatic N) is 1. The number of rotatable bonds is 10. The second-order valence-corrected chi connectivity index (χ2v) is 9.88. The van der Waals surface area contributed by atoms with Crippen molar-refractivity contribution in [1.29, 1.82) is 0 Å². The number of ether oxygens (including phenoxy) is 2. The van der Waals surface area contributed by atoms with E-state index in [1.807, 2.05) is 58.0 Å². The fourth-order valence-corrected chi connectivity index (χ4v) is 3.05. The molecule has 0 aliphatic heterocycles. The molecule has 0 fully saturated rings. The fourth-order valence-electron chi connectivity index (χ4n) is 3.05. The number of nitrogens with one attached hydrogen (secondary N) is 1. The zero-order valence-electron chi connectivity index (χ0n) is 21.5. The molecule has 0 aromatic heterocycles. The molecule has 1 aromatic carbocycles. The molecule has 0 spiro atoms. The fraction of sp³-hybridized carbons (Fsp3) is 0.640. The predicted molar refractivity (Wildman–Crippen MR) is 125 cm³/mol. The van der Waals surface area contributed by atoms with Gasteiger partial charge in [0.05, 0.1) is 0 Å². The van der Waals surface area contributed by atoms with E-state index in [9.17, 15) is 14.4 Å². The normalized spacial score (nSPS) is 13.8. The van der Waals surface area contributed by atoms with E-state index in [0.29, 0.717) is 12.8 Å². The Bertz CT molecular complexity index is 762. The molecule has 1 aromatic rings. The molecule has 1 N–H and O–H groups in total. The Labute approximate surface area is 194 Å². The van der Waals surface area contributed by atoms with E-state index < -0.39 is 42.7 Å². The van der Waals surface area contributed by atoms with Gasteiger partial charge < -0.3 is 14.8 Å². The zero-order valence-corrected chi connectivity index (χ0v) is 20.5. The minimum atomic E-state index is -0.936. The van der Waals surface area contributed by atoms with Gasteiger partial charge in [-0.05, 0) is 51.0 Å². The highest BCUT2D eigenvalue weighted by atomic mass is 16.6. The van der Waals surface area contributed by atoms with Gasteiger partial charge in [0.1, 0.15) is 24.3 Å². The second-order valence-electron chi connectivity index (χ2n) is 9.88. The lowest BCUT2D eigenvalue weighted by Crippen LogP contribution is -2.53. The van der Waals surface area contributed by atoms with Crippen LogP contribution in [0.3, 0.4) is 0 Å². The lowest BCUT2D eigenvalue weighted by molar-refractivity contribution is -0.150. The molecule has 0 saturated carbocycles. The summed E-state index contributed by atoms with van der Waals surface area (Å²) in [5.74, 6) is -0.824. The molecule has 0 unspecified atom stereocenters. The maximum atomic E-state index is 13.3. The van der Waals surface area contributed by atoms with Gasteiger partial charge in [0.2, 0.25) is 5.91 Å². The van der Waals surface area contributed by atoms with Gasteiger partial charge in [-0.2, -0.15) is 0 Å². The quantitative estimate of drug-likeness (QED) is 0.530. The maximum absolute atomic E-state index is 13.3. The average Bonchev–Trinajstić information content (AvgIpc) is 2.70. The molecule has 32 heavy (non-hydrogen) atoms. The molecule has 7 heteroatoms. The minimum absolute atomic E-state index is 0.0748. The summed E-state index contributed by atoms with van der Waals surface area (Å²) in [6.07, 6.45) is -0.0104. The summed E-state index contributed by atoms with van der Waals surface area (Å²) in [6, 6.07) is 7.52. The van der Waals surface area contributed by atoms with Crippen LogP contribution in [0, 0.1) is 11.8 Å². The number of carbonyl (C=O) groups is 3. The van der Waals surface area contributed by atoms with Crippen LogP contribution >= 0.6 is 0 Å². The van der Waals surface area contributed by atoms with Crippen molar-refractivity contribution in [3.05, 3.63) is 35.9 Å². The number of benzene rings is 1. The van der Waals surface area contributed by atoms with Gasteiger partial charge >= 0.3 is 12.1 Å². The van der Waals surface area contributed by atoms with Gasteiger partial charge in [-0.15, -0.1) is 0 Å². The Morgan fingerprint density at radius 1 is 1.03 bits per heavy atom. The number of likely N-dealkylation sites (N-methyl/N-ethyl adjacent to an activating group) is 1. The van der Waals surface area contributed by atoms with Gasteiger partial charge in [0, 0.05) is 8.39 Å². The first-order chi connectivity index (χ1) is 15.3. The molecule has 0 saturated heterocycles. The monoisotopic (exact) mass is 449 g/mol. The van der Waals surface area contributed by atoms with Crippen molar-refractivity contribution >= 4 is 18.0 Å². The molecule has 0 heterocycles. The van der Waals surface area contributed by atoms with E-state index >= 15 is 0 Å². The third-order valence-corrected chi connectivity index (χ3v) is 4.53. The highest BCUT2D eigenvalue weighted by Gasteiger charge is 2.33. The lowest BCUT2D eigenvalue weighted by atomic mass is 10.00. The first-order valence-electron chi connectivity index (χ1n) is 11.8. The summed E-state index contributed by atoms with van der Waals surface area (Å²) < 4.78 is 18.7. The Morgan fingerprint density at radius 2 is 1.62 bits per heavy atom. The molecule has 0 radical (unpaired) electrons. The van der Waals surface area contributed by atoms with Crippen LogP contribution in [0.1, 0.15) is 68.2 Å². The van der Waals surface area contributed by atoms with Crippen molar-refractivity contribution in [3.8, 4) is 0 Å². The zero-order chi connectivity index (χ0) is 25.2. The molecule has 2 amide bonds. The maximum Gasteiger partial charge on any atom is 0.410 e. The Balaban J connectivity index is 3.01. The molecular weight excluding hydrogens is 408 g/mol. The van der Waals surface area contributed by atoms with E-state index in [1.165, 1.54) is 0 Å². The van der Waals surface area contributed by atoms with Gasteiger partial charge in [-0.1, -0.05) is 58.0 Å². The average molecular weight is 450 g/mol. The van der Waals surface area contributed by atoms with Gasteiger partial charge in [0.15, 0.2) is 0 Å². The molecule has 2 atom stereocenters. The Morgan fingerprint density at radius 3 is 2.12 bits per heavy atom. The molecule has 180 valence electrons. The van der Waals surface area contributed by atoms with Crippen LogP contribution in [-0.4, -0.2) is 47.6 Å². The van der Waals surface area contributed by atoms with Gasteiger partial charge in [-0.25, -0.2) is 9.59 Å². The van der Waals surface area contributed by atoms with Crippen molar-refractivity contribution < 1.29 is 25.2 Å². The highest BCUT2D eigenvalue weighted by molar-refractivity contribution is 5.89. The van der Waals surface area contributed by atoms with Crippen molar-refractivity contribution in [2.45, 2.75) is 85.6 Å². The van der Waals surface area contributed by atoms with Crippen LogP contribution in [0.5, 0.6) is 0 Å². The van der Waals surface area contributed by atoms with Crippen LogP contribution in [0.4, 0.5) is 4.79 Å². The van der Waals surface area contributed by atoms with E-state index in [1.54, 1.807) is 20.8 Å². The molecule has 0 bridgehead atoms. The van der Waals surface area contributed by atoms with Crippen LogP contribution in [0.25, 0.3) is 0 Å².